The molecule has 1 amide bonds. The highest BCUT2D eigenvalue weighted by atomic mass is 79.9. The molecule has 0 unspecified atom stereocenters. The van der Waals surface area contributed by atoms with Crippen molar-refractivity contribution in [3.63, 3.8) is 0 Å². The average molecular weight is 388 g/mol. The van der Waals surface area contributed by atoms with E-state index in [0.29, 0.717) is 10.0 Å². The maximum absolute atomic E-state index is 11.5. The number of phenolic OH excluding ortho intramolecular Hbond substituents is 1. The van der Waals surface area contributed by atoms with E-state index in [1.165, 1.54) is 18.5 Å². The van der Waals surface area contributed by atoms with Gasteiger partial charge in [0.1, 0.15) is 5.75 Å². The van der Waals surface area contributed by atoms with Gasteiger partial charge in [-0.05, 0) is 40.2 Å². The lowest BCUT2D eigenvalue weighted by Gasteiger charge is -2.02. The van der Waals surface area contributed by atoms with E-state index in [9.17, 15) is 9.90 Å². The molecule has 0 aliphatic heterocycles. The van der Waals surface area contributed by atoms with Crippen LogP contribution in [0.3, 0.4) is 0 Å². The lowest BCUT2D eigenvalue weighted by molar-refractivity contribution is 0.0927. The Balaban J connectivity index is 2.09. The average Bonchev–Trinajstić information content (AvgIpc) is 2.88. The monoisotopic (exact) mass is 386 g/mol. The molecule has 0 bridgehead atoms. The summed E-state index contributed by atoms with van der Waals surface area (Å²) in [6, 6.07) is 6.50. The van der Waals surface area contributed by atoms with E-state index in [-0.39, 0.29) is 11.5 Å². The quantitative estimate of drug-likeness (QED) is 0.626. The second-order valence-corrected chi connectivity index (χ2v) is 5.27. The lowest BCUT2D eigenvalue weighted by Crippen LogP contribution is -2.16. The summed E-state index contributed by atoms with van der Waals surface area (Å²) in [6.45, 7) is 0. The maximum Gasteiger partial charge on any atom is 0.307 e. The van der Waals surface area contributed by atoms with E-state index in [1.807, 2.05) is 0 Å². The summed E-state index contributed by atoms with van der Waals surface area (Å²) in [7, 11) is 0. The van der Waals surface area contributed by atoms with Gasteiger partial charge in [0.25, 0.3) is 0 Å². The van der Waals surface area contributed by atoms with E-state index in [2.05, 4.69) is 42.4 Å². The van der Waals surface area contributed by atoms with Gasteiger partial charge in [0.15, 0.2) is 5.76 Å². The highest BCUT2D eigenvalue weighted by molar-refractivity contribution is 9.11. The standard InChI is InChI=1S/C12H8Br2N2O3/c13-8-4-7(11(17)9(14)5-8)6-15-16-12(18)10-2-1-3-19-10/h1-6,17H,(H,16,18)/b15-6-. The van der Waals surface area contributed by atoms with Crippen molar-refractivity contribution < 1.29 is 14.3 Å². The van der Waals surface area contributed by atoms with Gasteiger partial charge >= 0.3 is 5.91 Å². The molecule has 2 N–H and O–H groups in total. The molecular weight excluding hydrogens is 380 g/mol. The molecule has 1 aromatic heterocycles. The van der Waals surface area contributed by atoms with Crippen molar-refractivity contribution in [2.75, 3.05) is 0 Å². The van der Waals surface area contributed by atoms with Crippen LogP contribution in [0.5, 0.6) is 5.75 Å². The van der Waals surface area contributed by atoms with E-state index in [0.717, 1.165) is 4.47 Å². The molecule has 0 aliphatic carbocycles. The van der Waals surface area contributed by atoms with Gasteiger partial charge < -0.3 is 9.52 Å². The van der Waals surface area contributed by atoms with Crippen LogP contribution in [0.2, 0.25) is 0 Å². The third-order valence-electron chi connectivity index (χ3n) is 2.17. The number of nitrogens with zero attached hydrogens (tertiary/aromatic N) is 1. The minimum atomic E-state index is -0.463. The number of hydrogen-bond acceptors (Lipinski definition) is 4. The zero-order valence-electron chi connectivity index (χ0n) is 9.43. The molecule has 0 saturated heterocycles. The Bertz CT molecular complexity index is 624. The number of halogens is 2. The van der Waals surface area contributed by atoms with Crippen molar-refractivity contribution in [2.45, 2.75) is 0 Å². The molecule has 5 nitrogen and oxygen atoms in total. The van der Waals surface area contributed by atoms with E-state index < -0.39 is 5.91 Å². The number of aromatic hydroxyl groups is 1. The summed E-state index contributed by atoms with van der Waals surface area (Å²) in [5.41, 5.74) is 2.75. The molecule has 0 spiro atoms. The number of nitrogens with one attached hydrogen (secondary N) is 1. The predicted octanol–water partition coefficient (Wildman–Crippen LogP) is 3.27. The summed E-state index contributed by atoms with van der Waals surface area (Å²) in [5.74, 6) is -0.259. The molecule has 1 heterocycles. The van der Waals surface area contributed by atoms with Crippen molar-refractivity contribution in [3.8, 4) is 5.75 Å². The molecular formula is C12H8Br2N2O3. The van der Waals surface area contributed by atoms with Crippen LogP contribution in [0, 0.1) is 0 Å². The van der Waals surface area contributed by atoms with Crippen molar-refractivity contribution >= 4 is 44.0 Å². The summed E-state index contributed by atoms with van der Waals surface area (Å²) < 4.78 is 6.21. The van der Waals surface area contributed by atoms with Crippen LogP contribution in [0.4, 0.5) is 0 Å². The Morgan fingerprint density at radius 3 is 2.89 bits per heavy atom. The number of carbonyl (C=O) groups excluding carboxylic acids is 1. The summed E-state index contributed by atoms with van der Waals surface area (Å²) in [5, 5.41) is 13.5. The number of carbonyl (C=O) groups is 1. The number of amides is 1. The van der Waals surface area contributed by atoms with Gasteiger partial charge in [0.2, 0.25) is 0 Å². The molecule has 0 atom stereocenters. The number of furan rings is 1. The van der Waals surface area contributed by atoms with Crippen LogP contribution in [0.1, 0.15) is 16.1 Å². The molecule has 0 radical (unpaired) electrons. The summed E-state index contributed by atoms with van der Waals surface area (Å²) in [4.78, 5) is 11.5. The fourth-order valence-corrected chi connectivity index (χ4v) is 2.57. The van der Waals surface area contributed by atoms with Gasteiger partial charge in [-0.15, -0.1) is 0 Å². The van der Waals surface area contributed by atoms with Gasteiger partial charge in [0, 0.05) is 10.0 Å². The third kappa shape index (κ3) is 3.45. The van der Waals surface area contributed by atoms with Gasteiger partial charge in [-0.1, -0.05) is 15.9 Å². The molecule has 0 fully saturated rings. The van der Waals surface area contributed by atoms with E-state index >= 15 is 0 Å². The number of phenols is 1. The van der Waals surface area contributed by atoms with Crippen LogP contribution in [0.15, 0.2) is 49.0 Å². The van der Waals surface area contributed by atoms with Crippen molar-refractivity contribution in [1.29, 1.82) is 0 Å². The van der Waals surface area contributed by atoms with Gasteiger partial charge in [-0.2, -0.15) is 5.10 Å². The van der Waals surface area contributed by atoms with Gasteiger partial charge in [-0.25, -0.2) is 5.43 Å². The molecule has 1 aromatic carbocycles. The number of benzene rings is 1. The second kappa shape index (κ2) is 6.03. The highest BCUT2D eigenvalue weighted by Gasteiger charge is 2.07. The Hall–Kier alpha value is -1.60. The number of hydrogen-bond donors (Lipinski definition) is 2. The molecule has 98 valence electrons. The first-order chi connectivity index (χ1) is 9.08. The van der Waals surface area contributed by atoms with Crippen LogP contribution in [-0.2, 0) is 0 Å². The molecule has 2 rings (SSSR count). The van der Waals surface area contributed by atoms with Crippen LogP contribution < -0.4 is 5.43 Å². The topological polar surface area (TPSA) is 74.8 Å². The minimum absolute atomic E-state index is 0.0409. The molecule has 19 heavy (non-hydrogen) atoms. The maximum atomic E-state index is 11.5. The minimum Gasteiger partial charge on any atom is -0.506 e. The first-order valence-electron chi connectivity index (χ1n) is 5.13. The van der Waals surface area contributed by atoms with Gasteiger partial charge in [-0.3, -0.25) is 4.79 Å². The highest BCUT2D eigenvalue weighted by Crippen LogP contribution is 2.30. The zero-order valence-corrected chi connectivity index (χ0v) is 12.6. The Morgan fingerprint density at radius 2 is 2.21 bits per heavy atom. The predicted molar refractivity (Wildman–Crippen MR) is 77.3 cm³/mol. The Kier molecular flexibility index (Phi) is 4.39. The molecule has 7 heteroatoms. The number of hydrazone groups is 1. The first kappa shape index (κ1) is 13.8. The normalized spacial score (nSPS) is 10.8. The molecule has 0 aliphatic rings. The van der Waals surface area contributed by atoms with Crippen molar-refractivity contribution in [2.24, 2.45) is 5.10 Å². The Morgan fingerprint density at radius 1 is 1.42 bits per heavy atom. The SMILES string of the molecule is O=C(N/N=C\c1cc(Br)cc(Br)c1O)c1ccco1. The number of rotatable bonds is 3. The summed E-state index contributed by atoms with van der Waals surface area (Å²) in [6.07, 6.45) is 2.74. The van der Waals surface area contributed by atoms with Crippen LogP contribution in [-0.4, -0.2) is 17.2 Å². The van der Waals surface area contributed by atoms with E-state index in [4.69, 9.17) is 4.42 Å². The smallest absolute Gasteiger partial charge is 0.307 e. The van der Waals surface area contributed by atoms with E-state index in [1.54, 1.807) is 18.2 Å². The van der Waals surface area contributed by atoms with Crippen LogP contribution >= 0.6 is 31.9 Å². The fourth-order valence-electron chi connectivity index (χ4n) is 1.31. The van der Waals surface area contributed by atoms with Crippen LogP contribution in [0.25, 0.3) is 0 Å². The lowest BCUT2D eigenvalue weighted by atomic mass is 10.2. The molecule has 0 saturated carbocycles. The van der Waals surface area contributed by atoms with Gasteiger partial charge in [0.05, 0.1) is 17.0 Å². The van der Waals surface area contributed by atoms with Crippen molar-refractivity contribution in [1.82, 2.24) is 5.43 Å². The zero-order chi connectivity index (χ0) is 13.8. The fraction of sp³-hybridized carbons (Fsp3) is 0. The molecule has 2 aromatic rings. The Labute approximate surface area is 125 Å². The first-order valence-corrected chi connectivity index (χ1v) is 6.71. The third-order valence-corrected chi connectivity index (χ3v) is 3.23. The second-order valence-electron chi connectivity index (χ2n) is 3.50. The largest absolute Gasteiger partial charge is 0.506 e. The summed E-state index contributed by atoms with van der Waals surface area (Å²) >= 11 is 6.50. The van der Waals surface area contributed by atoms with Crippen molar-refractivity contribution in [3.05, 3.63) is 50.8 Å².